The van der Waals surface area contributed by atoms with Gasteiger partial charge in [0.1, 0.15) is 5.75 Å². The molecule has 1 fully saturated rings. The molecule has 1 aromatic rings. The maximum atomic E-state index is 12.5. The molecule has 1 aliphatic heterocycles. The van der Waals surface area contributed by atoms with Gasteiger partial charge in [0.15, 0.2) is 0 Å². The van der Waals surface area contributed by atoms with Crippen LogP contribution in [0.5, 0.6) is 5.75 Å². The molecule has 1 atom stereocenters. The Bertz CT molecular complexity index is 521. The van der Waals surface area contributed by atoms with Gasteiger partial charge in [-0.15, -0.1) is 0 Å². The van der Waals surface area contributed by atoms with Gasteiger partial charge in [0.2, 0.25) is 0 Å². The van der Waals surface area contributed by atoms with Crippen molar-refractivity contribution >= 4 is 33.4 Å². The summed E-state index contributed by atoms with van der Waals surface area (Å²) in [6, 6.07) is 4.50. The molecule has 0 saturated carbocycles. The first-order valence-electron chi connectivity index (χ1n) is 6.34. The van der Waals surface area contributed by atoms with E-state index < -0.39 is 0 Å². The quantitative estimate of drug-likeness (QED) is 0.823. The zero-order chi connectivity index (χ0) is 14.9. The number of phenols is 1. The van der Waals surface area contributed by atoms with Crippen LogP contribution in [0.15, 0.2) is 18.2 Å². The van der Waals surface area contributed by atoms with E-state index in [1.807, 2.05) is 13.8 Å². The van der Waals surface area contributed by atoms with Crippen LogP contribution in [0.2, 0.25) is 5.02 Å². The average Bonchev–Trinajstić information content (AvgIpc) is 2.39. The summed E-state index contributed by atoms with van der Waals surface area (Å²) in [6.07, 6.45) is -0.0321. The molecular weight excluding hydrogens is 346 g/mol. The smallest absolute Gasteiger partial charge is 0.254 e. The number of ether oxygens (including phenoxy) is 1. The molecule has 1 aromatic carbocycles. The van der Waals surface area contributed by atoms with Crippen molar-refractivity contribution in [2.24, 2.45) is 0 Å². The minimum absolute atomic E-state index is 0.0242. The minimum Gasteiger partial charge on any atom is -0.506 e. The van der Waals surface area contributed by atoms with E-state index in [4.69, 9.17) is 16.3 Å². The van der Waals surface area contributed by atoms with Crippen LogP contribution in [0, 0.1) is 0 Å². The zero-order valence-corrected chi connectivity index (χ0v) is 13.7. The predicted octanol–water partition coefficient (Wildman–Crippen LogP) is 3.06. The van der Waals surface area contributed by atoms with E-state index in [0.29, 0.717) is 24.0 Å². The number of carbonyl (C=O) groups is 1. The van der Waals surface area contributed by atoms with E-state index in [2.05, 4.69) is 15.9 Å². The van der Waals surface area contributed by atoms with Crippen LogP contribution in [0.3, 0.4) is 0 Å². The normalized spacial score (nSPS) is 21.8. The van der Waals surface area contributed by atoms with Crippen molar-refractivity contribution in [3.05, 3.63) is 28.8 Å². The summed E-state index contributed by atoms with van der Waals surface area (Å²) in [6.45, 7) is 4.98. The summed E-state index contributed by atoms with van der Waals surface area (Å²) in [5.41, 5.74) is 0.0892. The molecule has 1 N–H and O–H groups in total. The van der Waals surface area contributed by atoms with Gasteiger partial charge in [-0.25, -0.2) is 0 Å². The maximum Gasteiger partial charge on any atom is 0.254 e. The van der Waals surface area contributed by atoms with Gasteiger partial charge in [0.25, 0.3) is 5.91 Å². The molecular formula is C14H17BrClNO3. The van der Waals surface area contributed by atoms with Crippen LogP contribution in [0.4, 0.5) is 0 Å². The lowest BCUT2D eigenvalue weighted by molar-refractivity contribution is -0.116. The van der Waals surface area contributed by atoms with Crippen LogP contribution in [0.25, 0.3) is 0 Å². The second kappa shape index (κ2) is 5.92. The number of hydrogen-bond donors (Lipinski definition) is 1. The Kier molecular flexibility index (Phi) is 4.62. The molecule has 1 unspecified atom stereocenters. The van der Waals surface area contributed by atoms with Crippen LogP contribution < -0.4 is 0 Å². The molecule has 1 aliphatic rings. The number of alkyl halides is 1. The van der Waals surface area contributed by atoms with Crippen molar-refractivity contribution in [2.75, 3.05) is 18.4 Å². The molecule has 6 heteroatoms. The second-order valence-corrected chi connectivity index (χ2v) is 6.56. The average molecular weight is 363 g/mol. The lowest BCUT2D eigenvalue weighted by Gasteiger charge is -2.42. The number of carbonyl (C=O) groups excluding carboxylic acids is 1. The first-order chi connectivity index (χ1) is 9.32. The van der Waals surface area contributed by atoms with Crippen LogP contribution in [-0.4, -0.2) is 46.0 Å². The SMILES string of the molecule is CC1(C)CN(C(=O)c2ccc(O)c(Cl)c2)CC(CBr)O1. The number of phenolic OH excluding ortho intramolecular Hbond substituents is 1. The van der Waals surface area contributed by atoms with Crippen molar-refractivity contribution in [2.45, 2.75) is 25.6 Å². The predicted molar refractivity (Wildman–Crippen MR) is 81.8 cm³/mol. The fourth-order valence-electron chi connectivity index (χ4n) is 2.35. The summed E-state index contributed by atoms with van der Waals surface area (Å²) in [5, 5.41) is 10.3. The first-order valence-corrected chi connectivity index (χ1v) is 7.84. The number of benzene rings is 1. The third kappa shape index (κ3) is 3.45. The van der Waals surface area contributed by atoms with Crippen molar-refractivity contribution < 1.29 is 14.6 Å². The maximum absolute atomic E-state index is 12.5. The highest BCUT2D eigenvalue weighted by Gasteiger charge is 2.35. The number of hydrogen-bond acceptors (Lipinski definition) is 3. The Morgan fingerprint density at radius 2 is 2.30 bits per heavy atom. The lowest BCUT2D eigenvalue weighted by Crippen LogP contribution is -2.55. The van der Waals surface area contributed by atoms with E-state index in [1.165, 1.54) is 12.1 Å². The number of morpholine rings is 1. The highest BCUT2D eigenvalue weighted by molar-refractivity contribution is 9.09. The number of halogens is 2. The fourth-order valence-corrected chi connectivity index (χ4v) is 2.87. The molecule has 1 amide bonds. The standard InChI is InChI=1S/C14H17BrClNO3/c1-14(2)8-17(7-10(6-15)20-14)13(19)9-3-4-12(18)11(16)5-9/h3-5,10,18H,6-8H2,1-2H3. The van der Waals surface area contributed by atoms with E-state index >= 15 is 0 Å². The van der Waals surface area contributed by atoms with Crippen molar-refractivity contribution in [3.63, 3.8) is 0 Å². The minimum atomic E-state index is -0.382. The van der Waals surface area contributed by atoms with E-state index in [9.17, 15) is 9.90 Å². The molecule has 20 heavy (non-hydrogen) atoms. The van der Waals surface area contributed by atoms with Crippen molar-refractivity contribution in [1.82, 2.24) is 4.90 Å². The molecule has 4 nitrogen and oxygen atoms in total. The third-order valence-electron chi connectivity index (χ3n) is 3.14. The highest BCUT2D eigenvalue weighted by atomic mass is 79.9. The highest BCUT2D eigenvalue weighted by Crippen LogP contribution is 2.27. The topological polar surface area (TPSA) is 49.8 Å². The fraction of sp³-hybridized carbons (Fsp3) is 0.500. The van der Waals surface area contributed by atoms with Crippen LogP contribution in [0.1, 0.15) is 24.2 Å². The Morgan fingerprint density at radius 1 is 1.60 bits per heavy atom. The molecule has 1 saturated heterocycles. The Labute approximate surface area is 131 Å². The number of nitrogens with zero attached hydrogens (tertiary/aromatic N) is 1. The summed E-state index contributed by atoms with van der Waals surface area (Å²) in [7, 11) is 0. The Balaban J connectivity index is 2.21. The number of aromatic hydroxyl groups is 1. The second-order valence-electron chi connectivity index (χ2n) is 5.51. The number of rotatable bonds is 2. The lowest BCUT2D eigenvalue weighted by atomic mass is 10.0. The van der Waals surface area contributed by atoms with Crippen molar-refractivity contribution in [1.29, 1.82) is 0 Å². The molecule has 0 bridgehead atoms. The number of amides is 1. The van der Waals surface area contributed by atoms with Crippen LogP contribution >= 0.6 is 27.5 Å². The summed E-state index contributed by atoms with van der Waals surface area (Å²) >= 11 is 9.26. The molecule has 2 rings (SSSR count). The Hall–Kier alpha value is -0.780. The largest absolute Gasteiger partial charge is 0.506 e. The molecule has 1 heterocycles. The van der Waals surface area contributed by atoms with Crippen LogP contribution in [-0.2, 0) is 4.74 Å². The van der Waals surface area contributed by atoms with Gasteiger partial charge in [0, 0.05) is 24.0 Å². The third-order valence-corrected chi connectivity index (χ3v) is 4.16. The van der Waals surface area contributed by atoms with Gasteiger partial charge in [-0.05, 0) is 32.0 Å². The van der Waals surface area contributed by atoms with Gasteiger partial charge in [0.05, 0.1) is 16.7 Å². The summed E-state index contributed by atoms with van der Waals surface area (Å²) in [5.74, 6) is -0.127. The van der Waals surface area contributed by atoms with E-state index in [0.717, 1.165) is 0 Å². The molecule has 0 spiro atoms. The van der Waals surface area contributed by atoms with Gasteiger partial charge in [-0.2, -0.15) is 0 Å². The molecule has 110 valence electrons. The first kappa shape index (κ1) is 15.6. The van der Waals surface area contributed by atoms with Crippen molar-refractivity contribution in [3.8, 4) is 5.75 Å². The summed E-state index contributed by atoms with van der Waals surface area (Å²) < 4.78 is 5.88. The Morgan fingerprint density at radius 3 is 2.90 bits per heavy atom. The van der Waals surface area contributed by atoms with Gasteiger partial charge < -0.3 is 14.7 Å². The van der Waals surface area contributed by atoms with Gasteiger partial charge >= 0.3 is 0 Å². The van der Waals surface area contributed by atoms with Gasteiger partial charge in [-0.1, -0.05) is 27.5 Å². The monoisotopic (exact) mass is 361 g/mol. The van der Waals surface area contributed by atoms with E-state index in [1.54, 1.807) is 11.0 Å². The molecule has 0 radical (unpaired) electrons. The summed E-state index contributed by atoms with van der Waals surface area (Å²) in [4.78, 5) is 14.3. The van der Waals surface area contributed by atoms with Gasteiger partial charge in [-0.3, -0.25) is 4.79 Å². The zero-order valence-electron chi connectivity index (χ0n) is 11.4. The molecule has 0 aromatic heterocycles. The molecule has 0 aliphatic carbocycles. The van der Waals surface area contributed by atoms with E-state index in [-0.39, 0.29) is 28.4 Å².